The first-order valence-corrected chi connectivity index (χ1v) is 17.2. The zero-order valence-corrected chi connectivity index (χ0v) is 28.1. The molecule has 0 aliphatic carbocycles. The van der Waals surface area contributed by atoms with Gasteiger partial charge in [0.25, 0.3) is 0 Å². The Morgan fingerprint density at radius 1 is 0.396 bits per heavy atom. The lowest BCUT2D eigenvalue weighted by molar-refractivity contribution is 0.669. The Labute approximate surface area is 316 Å². The van der Waals surface area contributed by atoms with Crippen LogP contribution in [0.5, 0.6) is 0 Å². The Kier molecular flexibility index (Phi) is 5.85. The van der Waals surface area contributed by atoms with Crippen LogP contribution in [0, 0.1) is 0 Å². The minimum atomic E-state index is -0.503. The summed E-state index contributed by atoms with van der Waals surface area (Å²) in [4.78, 5) is 14.9. The largest absolute Gasteiger partial charge is 0.456 e. The van der Waals surface area contributed by atoms with Crippen molar-refractivity contribution in [2.45, 2.75) is 0 Å². The molecule has 0 fully saturated rings. The number of benzene rings is 8. The molecule has 0 unspecified atom stereocenters. The average molecular weight is 685 g/mol. The van der Waals surface area contributed by atoms with E-state index in [0.29, 0.717) is 28.6 Å². The van der Waals surface area contributed by atoms with Gasteiger partial charge in [0.05, 0.1) is 9.60 Å². The fourth-order valence-corrected chi connectivity index (χ4v) is 6.76. The van der Waals surface area contributed by atoms with Crippen LogP contribution in [0.4, 0.5) is 0 Å². The van der Waals surface area contributed by atoms with Crippen LogP contribution >= 0.6 is 0 Å². The van der Waals surface area contributed by atoms with E-state index < -0.39 is 24.2 Å². The second-order valence-electron chi connectivity index (χ2n) is 12.7. The summed E-state index contributed by atoms with van der Waals surface area (Å²) < 4.78 is 65.9. The molecular weight excluding hydrogens is 647 g/mol. The van der Waals surface area contributed by atoms with Crippen LogP contribution in [-0.2, 0) is 0 Å². The number of aromatic nitrogens is 3. The van der Waals surface area contributed by atoms with Gasteiger partial charge in [-0.15, -0.1) is 0 Å². The third-order valence-electron chi connectivity index (χ3n) is 9.40. The molecule has 4 heteroatoms. The van der Waals surface area contributed by atoms with Gasteiger partial charge in [-0.05, 0) is 68.4 Å². The molecule has 10 aromatic rings. The minimum Gasteiger partial charge on any atom is -0.456 e. The van der Waals surface area contributed by atoms with Gasteiger partial charge in [-0.2, -0.15) is 0 Å². The first-order valence-electron chi connectivity index (χ1n) is 20.7. The topological polar surface area (TPSA) is 51.8 Å². The number of fused-ring (bicyclic) bond motifs is 4. The number of hydrogen-bond acceptors (Lipinski definition) is 4. The summed E-state index contributed by atoms with van der Waals surface area (Å²) in [5, 5.41) is 1.87. The first kappa shape index (κ1) is 24.1. The molecule has 0 saturated heterocycles. The Balaban J connectivity index is 1.09. The van der Waals surface area contributed by atoms with Crippen molar-refractivity contribution in [2.75, 3.05) is 0 Å². The highest BCUT2D eigenvalue weighted by Gasteiger charge is 2.16. The normalized spacial score (nSPS) is 13.2. The zero-order chi connectivity index (χ0) is 41.2. The molecule has 53 heavy (non-hydrogen) atoms. The highest BCUT2D eigenvalue weighted by atomic mass is 16.3. The SMILES string of the molecule is [2H]c1c([2H])c([2H])c2c([2H])c(-c3ccc(-c4nc(-c5ccc(-c6cccc7oc8ccccc8c67)cc5)nc(-c5cccc(-c6ccccc6)c5)n4)cc3)c([2H])c([2H])c2c1[2H]. The number of furan rings is 1. The molecule has 0 radical (unpaired) electrons. The lowest BCUT2D eigenvalue weighted by atomic mass is 9.98. The Morgan fingerprint density at radius 3 is 1.74 bits per heavy atom. The summed E-state index contributed by atoms with van der Waals surface area (Å²) in [6.45, 7) is 0. The van der Waals surface area contributed by atoms with Crippen LogP contribution in [-0.4, -0.2) is 15.0 Å². The molecule has 0 aliphatic rings. The van der Waals surface area contributed by atoms with Gasteiger partial charge in [0.1, 0.15) is 11.2 Å². The molecule has 2 aromatic heterocycles. The van der Waals surface area contributed by atoms with E-state index >= 15 is 0 Å². The van der Waals surface area contributed by atoms with Gasteiger partial charge in [-0.3, -0.25) is 0 Å². The van der Waals surface area contributed by atoms with E-state index in [2.05, 4.69) is 42.5 Å². The van der Waals surface area contributed by atoms with Crippen molar-refractivity contribution in [3.63, 3.8) is 0 Å². The van der Waals surface area contributed by atoms with Crippen molar-refractivity contribution in [3.05, 3.63) is 188 Å². The summed E-state index contributed by atoms with van der Waals surface area (Å²) >= 11 is 0. The first-order chi connectivity index (χ1) is 29.2. The van der Waals surface area contributed by atoms with Gasteiger partial charge in [-0.25, -0.2) is 15.0 Å². The molecule has 248 valence electrons. The van der Waals surface area contributed by atoms with E-state index in [1.54, 1.807) is 24.3 Å². The quantitative estimate of drug-likeness (QED) is 0.175. The molecule has 8 aromatic carbocycles. The fourth-order valence-electron chi connectivity index (χ4n) is 6.76. The lowest BCUT2D eigenvalue weighted by Gasteiger charge is -2.11. The van der Waals surface area contributed by atoms with Gasteiger partial charge < -0.3 is 4.42 Å². The van der Waals surface area contributed by atoms with Crippen LogP contribution in [0.25, 0.3) is 100 Å². The van der Waals surface area contributed by atoms with Crippen molar-refractivity contribution in [1.82, 2.24) is 15.0 Å². The van der Waals surface area contributed by atoms with Crippen molar-refractivity contribution in [1.29, 1.82) is 0 Å². The summed E-state index contributed by atoms with van der Waals surface area (Å²) in [7, 11) is 0. The molecule has 2 heterocycles. The van der Waals surface area contributed by atoms with Crippen molar-refractivity contribution in [3.8, 4) is 67.5 Å². The van der Waals surface area contributed by atoms with Gasteiger partial charge in [0, 0.05) is 27.5 Å². The predicted octanol–water partition coefficient (Wildman–Crippen LogP) is 12.9. The van der Waals surface area contributed by atoms with E-state index in [4.69, 9.17) is 29.0 Å². The summed E-state index contributed by atoms with van der Waals surface area (Å²) in [6.07, 6.45) is 0. The molecule has 10 rings (SSSR count). The fraction of sp³-hybridized carbons (Fsp3) is 0. The van der Waals surface area contributed by atoms with E-state index in [0.717, 1.165) is 55.3 Å². The zero-order valence-electron chi connectivity index (χ0n) is 35.1. The highest BCUT2D eigenvalue weighted by Crippen LogP contribution is 2.37. The number of rotatable bonds is 6. The Morgan fingerprint density at radius 2 is 0.962 bits per heavy atom. The number of para-hydroxylation sites is 1. The number of hydrogen-bond donors (Lipinski definition) is 0. The maximum absolute atomic E-state index is 9.01. The van der Waals surface area contributed by atoms with Gasteiger partial charge in [0.15, 0.2) is 17.5 Å². The molecule has 0 amide bonds. The van der Waals surface area contributed by atoms with Gasteiger partial charge in [0.2, 0.25) is 0 Å². The highest BCUT2D eigenvalue weighted by molar-refractivity contribution is 6.12. The minimum absolute atomic E-state index is 0.0913. The molecule has 0 atom stereocenters. The van der Waals surface area contributed by atoms with Crippen molar-refractivity contribution < 1.29 is 14.0 Å². The molecule has 0 spiro atoms. The molecule has 0 bridgehead atoms. The second-order valence-corrected chi connectivity index (χ2v) is 12.7. The van der Waals surface area contributed by atoms with Crippen LogP contribution in [0.1, 0.15) is 9.60 Å². The van der Waals surface area contributed by atoms with E-state index in [9.17, 15) is 0 Å². The maximum Gasteiger partial charge on any atom is 0.164 e. The van der Waals surface area contributed by atoms with E-state index in [1.807, 2.05) is 78.9 Å². The molecular formula is C49H31N3O. The maximum atomic E-state index is 9.01. The average Bonchev–Trinajstić information content (AvgIpc) is 3.68. The van der Waals surface area contributed by atoms with Crippen LogP contribution < -0.4 is 0 Å². The third-order valence-corrected chi connectivity index (χ3v) is 9.40. The van der Waals surface area contributed by atoms with E-state index in [-0.39, 0.29) is 34.5 Å². The molecule has 0 saturated carbocycles. The van der Waals surface area contributed by atoms with Crippen molar-refractivity contribution in [2.24, 2.45) is 0 Å². The number of nitrogens with zero attached hydrogens (tertiary/aromatic N) is 3. The monoisotopic (exact) mass is 684 g/mol. The Bertz CT molecular complexity index is 3330. The van der Waals surface area contributed by atoms with E-state index in [1.165, 1.54) is 0 Å². The van der Waals surface area contributed by atoms with Gasteiger partial charge in [-0.1, -0.05) is 164 Å². The summed E-state index contributed by atoms with van der Waals surface area (Å²) in [5.74, 6) is 1.34. The lowest BCUT2D eigenvalue weighted by Crippen LogP contribution is -2.00. The third kappa shape index (κ3) is 5.73. The molecule has 4 nitrogen and oxygen atoms in total. The van der Waals surface area contributed by atoms with Crippen LogP contribution in [0.3, 0.4) is 0 Å². The van der Waals surface area contributed by atoms with Crippen LogP contribution in [0.2, 0.25) is 0 Å². The molecule has 0 N–H and O–H groups in total. The van der Waals surface area contributed by atoms with Gasteiger partial charge >= 0.3 is 0 Å². The second kappa shape index (κ2) is 12.9. The Hall–Kier alpha value is -7.17. The van der Waals surface area contributed by atoms with Crippen LogP contribution in [0.15, 0.2) is 192 Å². The van der Waals surface area contributed by atoms with Crippen molar-refractivity contribution >= 4 is 32.7 Å². The predicted molar refractivity (Wildman–Crippen MR) is 217 cm³/mol. The standard InChI is InChI=1S/C49H31N3O/c1-2-10-32(11-3-1)39-14-8-15-41(31-39)49-51-47(36-25-20-34(21-26-36)40-29-22-33-12-4-5-13-38(33)30-40)50-48(52-49)37-27-23-35(24-28-37)42-17-9-19-45-46(42)43-16-6-7-18-44(43)53-45/h1-31H/i4D,5D,12D,13D,22D,29D,30D. The smallest absolute Gasteiger partial charge is 0.164 e. The molecule has 0 aliphatic heterocycles. The summed E-state index contributed by atoms with van der Waals surface area (Å²) in [6, 6.07) is 44.6. The summed E-state index contributed by atoms with van der Waals surface area (Å²) in [5.41, 5.74) is 8.55.